The van der Waals surface area contributed by atoms with Gasteiger partial charge in [-0.05, 0) is 18.2 Å². The average molecular weight is 271 g/mol. The number of likely N-dealkylation sites (N-methyl/N-ethyl adjacent to an activating group) is 1. The summed E-state index contributed by atoms with van der Waals surface area (Å²) in [5.41, 5.74) is 0.199. The Morgan fingerprint density at radius 3 is 2.68 bits per heavy atom. The van der Waals surface area contributed by atoms with Crippen molar-refractivity contribution in [1.29, 1.82) is 0 Å². The van der Waals surface area contributed by atoms with Gasteiger partial charge in [-0.25, -0.2) is 4.39 Å². The SMILES string of the molecule is COCC(O)CN(C)C(=O)c1ccc(OC)c(F)c1. The van der Waals surface area contributed by atoms with E-state index in [0.717, 1.165) is 6.07 Å². The van der Waals surface area contributed by atoms with Gasteiger partial charge in [0.15, 0.2) is 11.6 Å². The highest BCUT2D eigenvalue weighted by Gasteiger charge is 2.17. The predicted octanol–water partition coefficient (Wildman–Crippen LogP) is 0.914. The summed E-state index contributed by atoms with van der Waals surface area (Å²) in [5, 5.41) is 9.54. The molecule has 1 rings (SSSR count). The number of methoxy groups -OCH3 is 2. The van der Waals surface area contributed by atoms with Crippen LogP contribution in [0.25, 0.3) is 0 Å². The van der Waals surface area contributed by atoms with Gasteiger partial charge in [0.1, 0.15) is 0 Å². The monoisotopic (exact) mass is 271 g/mol. The van der Waals surface area contributed by atoms with Crippen molar-refractivity contribution in [2.75, 3.05) is 34.4 Å². The van der Waals surface area contributed by atoms with Crippen LogP contribution in [0.1, 0.15) is 10.4 Å². The van der Waals surface area contributed by atoms with Crippen molar-refractivity contribution in [3.8, 4) is 5.75 Å². The van der Waals surface area contributed by atoms with Crippen LogP contribution in [-0.2, 0) is 4.74 Å². The standard InChI is InChI=1S/C13H18FNO4/c1-15(7-10(16)8-18-2)13(17)9-4-5-12(19-3)11(14)6-9/h4-6,10,16H,7-8H2,1-3H3. The molecule has 1 atom stereocenters. The van der Waals surface area contributed by atoms with Crippen molar-refractivity contribution in [3.05, 3.63) is 29.6 Å². The molecule has 1 unspecified atom stereocenters. The van der Waals surface area contributed by atoms with Crippen molar-refractivity contribution in [1.82, 2.24) is 4.90 Å². The molecule has 0 fully saturated rings. The van der Waals surface area contributed by atoms with E-state index in [0.29, 0.717) is 0 Å². The van der Waals surface area contributed by atoms with E-state index < -0.39 is 11.9 Å². The van der Waals surface area contributed by atoms with Crippen LogP contribution < -0.4 is 4.74 Å². The van der Waals surface area contributed by atoms with Crippen LogP contribution in [0.4, 0.5) is 4.39 Å². The lowest BCUT2D eigenvalue weighted by molar-refractivity contribution is 0.0380. The van der Waals surface area contributed by atoms with Gasteiger partial charge in [0.2, 0.25) is 0 Å². The second kappa shape index (κ2) is 7.06. The quantitative estimate of drug-likeness (QED) is 0.835. The molecule has 0 saturated heterocycles. The van der Waals surface area contributed by atoms with Crippen molar-refractivity contribution in [2.45, 2.75) is 6.10 Å². The second-order valence-electron chi connectivity index (χ2n) is 4.14. The molecule has 0 aromatic heterocycles. The van der Waals surface area contributed by atoms with Crippen LogP contribution in [0.15, 0.2) is 18.2 Å². The van der Waals surface area contributed by atoms with E-state index in [2.05, 4.69) is 0 Å². The molecular formula is C13H18FNO4. The molecule has 0 spiro atoms. The summed E-state index contributed by atoms with van der Waals surface area (Å²) in [6, 6.07) is 3.98. The summed E-state index contributed by atoms with van der Waals surface area (Å²) in [4.78, 5) is 13.3. The number of benzene rings is 1. The fourth-order valence-electron chi connectivity index (χ4n) is 1.66. The Morgan fingerprint density at radius 1 is 1.47 bits per heavy atom. The maximum absolute atomic E-state index is 13.5. The van der Waals surface area contributed by atoms with E-state index in [9.17, 15) is 14.3 Å². The minimum atomic E-state index is -0.776. The number of rotatable bonds is 6. The Hall–Kier alpha value is -1.66. The topological polar surface area (TPSA) is 59.0 Å². The zero-order valence-corrected chi connectivity index (χ0v) is 11.2. The number of hydrogen-bond acceptors (Lipinski definition) is 4. The predicted molar refractivity (Wildman–Crippen MR) is 67.8 cm³/mol. The van der Waals surface area contributed by atoms with Gasteiger partial charge >= 0.3 is 0 Å². The fourth-order valence-corrected chi connectivity index (χ4v) is 1.66. The molecule has 0 heterocycles. The van der Waals surface area contributed by atoms with Crippen LogP contribution in [0.2, 0.25) is 0 Å². The Balaban J connectivity index is 2.74. The summed E-state index contributed by atoms with van der Waals surface area (Å²) in [6.45, 7) is 0.245. The molecule has 0 bridgehead atoms. The number of hydrogen-bond donors (Lipinski definition) is 1. The van der Waals surface area contributed by atoms with E-state index in [-0.39, 0.29) is 30.4 Å². The number of nitrogens with zero attached hydrogens (tertiary/aromatic N) is 1. The molecule has 0 aliphatic heterocycles. The van der Waals surface area contributed by atoms with Crippen molar-refractivity contribution in [3.63, 3.8) is 0 Å². The zero-order chi connectivity index (χ0) is 14.4. The number of carbonyl (C=O) groups excluding carboxylic acids is 1. The number of ether oxygens (including phenoxy) is 2. The van der Waals surface area contributed by atoms with Crippen LogP contribution in [0.3, 0.4) is 0 Å². The summed E-state index contributed by atoms with van der Waals surface area (Å²) in [5.74, 6) is -0.894. The first kappa shape index (κ1) is 15.4. The first-order valence-corrected chi connectivity index (χ1v) is 5.75. The van der Waals surface area contributed by atoms with Crippen LogP contribution in [-0.4, -0.2) is 56.4 Å². The third-order valence-electron chi connectivity index (χ3n) is 2.59. The lowest BCUT2D eigenvalue weighted by Crippen LogP contribution is -2.36. The maximum Gasteiger partial charge on any atom is 0.253 e. The summed E-state index contributed by atoms with van der Waals surface area (Å²) < 4.78 is 23.0. The Labute approximate surface area is 111 Å². The van der Waals surface area contributed by atoms with Crippen molar-refractivity contribution in [2.24, 2.45) is 0 Å². The summed E-state index contributed by atoms with van der Waals surface area (Å²) in [6.07, 6.45) is -0.776. The highest BCUT2D eigenvalue weighted by Crippen LogP contribution is 2.18. The highest BCUT2D eigenvalue weighted by molar-refractivity contribution is 5.94. The largest absolute Gasteiger partial charge is 0.494 e. The first-order chi connectivity index (χ1) is 8.99. The molecule has 6 heteroatoms. The molecule has 1 N–H and O–H groups in total. The molecule has 0 saturated carbocycles. The second-order valence-corrected chi connectivity index (χ2v) is 4.14. The Morgan fingerprint density at radius 2 is 2.16 bits per heavy atom. The number of aliphatic hydroxyl groups is 1. The number of amides is 1. The van der Waals surface area contributed by atoms with E-state index in [1.54, 1.807) is 0 Å². The zero-order valence-electron chi connectivity index (χ0n) is 11.2. The molecule has 19 heavy (non-hydrogen) atoms. The first-order valence-electron chi connectivity index (χ1n) is 5.75. The number of halogens is 1. The Kier molecular flexibility index (Phi) is 5.72. The smallest absolute Gasteiger partial charge is 0.253 e. The van der Waals surface area contributed by atoms with E-state index in [4.69, 9.17) is 9.47 Å². The average Bonchev–Trinajstić information content (AvgIpc) is 2.37. The van der Waals surface area contributed by atoms with Gasteiger partial charge in [0, 0.05) is 26.3 Å². The van der Waals surface area contributed by atoms with Crippen LogP contribution >= 0.6 is 0 Å². The lowest BCUT2D eigenvalue weighted by Gasteiger charge is -2.20. The number of aliphatic hydroxyl groups excluding tert-OH is 1. The van der Waals surface area contributed by atoms with Crippen LogP contribution in [0, 0.1) is 5.82 Å². The molecule has 0 aliphatic rings. The van der Waals surface area contributed by atoms with Gasteiger partial charge in [-0.3, -0.25) is 4.79 Å². The van der Waals surface area contributed by atoms with Gasteiger partial charge in [0.05, 0.1) is 19.8 Å². The molecule has 1 aromatic carbocycles. The van der Waals surface area contributed by atoms with E-state index in [1.807, 2.05) is 0 Å². The summed E-state index contributed by atoms with van der Waals surface area (Å²) >= 11 is 0. The van der Waals surface area contributed by atoms with Crippen LogP contribution in [0.5, 0.6) is 5.75 Å². The van der Waals surface area contributed by atoms with Gasteiger partial charge in [0.25, 0.3) is 5.91 Å². The molecular weight excluding hydrogens is 253 g/mol. The third-order valence-corrected chi connectivity index (χ3v) is 2.59. The van der Waals surface area contributed by atoms with Gasteiger partial charge < -0.3 is 19.5 Å². The minimum Gasteiger partial charge on any atom is -0.494 e. The molecule has 1 aromatic rings. The molecule has 0 aliphatic carbocycles. The molecule has 1 amide bonds. The normalized spacial score (nSPS) is 12.1. The van der Waals surface area contributed by atoms with Gasteiger partial charge in [-0.2, -0.15) is 0 Å². The molecule has 106 valence electrons. The lowest BCUT2D eigenvalue weighted by atomic mass is 10.2. The fraction of sp³-hybridized carbons (Fsp3) is 0.462. The maximum atomic E-state index is 13.5. The summed E-state index contributed by atoms with van der Waals surface area (Å²) in [7, 11) is 4.35. The van der Waals surface area contributed by atoms with Gasteiger partial charge in [-0.1, -0.05) is 0 Å². The van der Waals surface area contributed by atoms with Crippen molar-refractivity contribution < 1.29 is 23.8 Å². The third kappa shape index (κ3) is 4.18. The Bertz CT molecular complexity index is 439. The van der Waals surface area contributed by atoms with Crippen molar-refractivity contribution >= 4 is 5.91 Å². The highest BCUT2D eigenvalue weighted by atomic mass is 19.1. The molecule has 5 nitrogen and oxygen atoms in total. The molecule has 0 radical (unpaired) electrons. The van der Waals surface area contributed by atoms with E-state index >= 15 is 0 Å². The minimum absolute atomic E-state index is 0.0821. The van der Waals surface area contributed by atoms with E-state index in [1.165, 1.54) is 38.3 Å². The van der Waals surface area contributed by atoms with Gasteiger partial charge in [-0.15, -0.1) is 0 Å². The number of carbonyl (C=O) groups is 1.